The van der Waals surface area contributed by atoms with Crippen molar-refractivity contribution in [3.8, 4) is 6.07 Å². The van der Waals surface area contributed by atoms with E-state index in [4.69, 9.17) is 28.5 Å². The van der Waals surface area contributed by atoms with Crippen LogP contribution in [0.1, 0.15) is 17.9 Å². The van der Waals surface area contributed by atoms with E-state index in [9.17, 15) is 0 Å². The first-order valence-electron chi connectivity index (χ1n) is 4.07. The summed E-state index contributed by atoms with van der Waals surface area (Å²) in [6.45, 7) is 0. The molecule has 1 fully saturated rings. The number of nitriles is 1. The van der Waals surface area contributed by atoms with Gasteiger partial charge in [0.1, 0.15) is 0 Å². The molecule has 0 saturated heterocycles. The largest absolute Gasteiger partial charge is 0.198 e. The van der Waals surface area contributed by atoms with Gasteiger partial charge in [0.05, 0.1) is 22.0 Å². The summed E-state index contributed by atoms with van der Waals surface area (Å²) in [5.74, 6) is 0.553. The van der Waals surface area contributed by atoms with E-state index in [0.717, 1.165) is 12.0 Å². The average molecular weight is 212 g/mol. The normalized spacial score (nSPS) is 25.3. The molecule has 0 aromatic heterocycles. The fourth-order valence-corrected chi connectivity index (χ4v) is 1.76. The monoisotopic (exact) mass is 211 g/mol. The highest BCUT2D eigenvalue weighted by molar-refractivity contribution is 6.42. The van der Waals surface area contributed by atoms with Crippen molar-refractivity contribution in [1.29, 1.82) is 5.26 Å². The molecule has 0 N–H and O–H groups in total. The van der Waals surface area contributed by atoms with Gasteiger partial charge in [-0.15, -0.1) is 0 Å². The van der Waals surface area contributed by atoms with Crippen molar-refractivity contribution >= 4 is 23.2 Å². The highest BCUT2D eigenvalue weighted by Crippen LogP contribution is 2.47. The molecule has 0 bridgehead atoms. The molecule has 1 saturated carbocycles. The highest BCUT2D eigenvalue weighted by Gasteiger charge is 2.38. The molecule has 13 heavy (non-hydrogen) atoms. The average Bonchev–Trinajstić information content (AvgIpc) is 2.88. The Bertz CT molecular complexity index is 381. The van der Waals surface area contributed by atoms with Crippen LogP contribution in [0.4, 0.5) is 0 Å². The van der Waals surface area contributed by atoms with Crippen LogP contribution in [0.3, 0.4) is 0 Å². The fourth-order valence-electron chi connectivity index (χ4n) is 1.45. The van der Waals surface area contributed by atoms with Crippen molar-refractivity contribution in [3.63, 3.8) is 0 Å². The number of nitrogens with zero attached hydrogens (tertiary/aromatic N) is 1. The Labute approximate surface area is 86.9 Å². The Kier molecular flexibility index (Phi) is 2.19. The standard InChI is InChI=1S/C10H7Cl2N/c11-9-2-1-6(4-10(9)12)8-3-7(8)5-13/h1-2,4,7-8H,3H2. The number of rotatable bonds is 1. The van der Waals surface area contributed by atoms with E-state index < -0.39 is 0 Å². The van der Waals surface area contributed by atoms with E-state index in [1.807, 2.05) is 12.1 Å². The molecule has 0 heterocycles. The summed E-state index contributed by atoms with van der Waals surface area (Å²) in [5, 5.41) is 9.79. The predicted octanol–water partition coefficient (Wildman–Crippen LogP) is 3.62. The van der Waals surface area contributed by atoms with E-state index in [2.05, 4.69) is 6.07 Å². The van der Waals surface area contributed by atoms with Gasteiger partial charge in [0, 0.05) is 5.92 Å². The zero-order chi connectivity index (χ0) is 9.42. The van der Waals surface area contributed by atoms with Crippen molar-refractivity contribution in [3.05, 3.63) is 33.8 Å². The zero-order valence-electron chi connectivity index (χ0n) is 6.80. The smallest absolute Gasteiger partial charge is 0.0662 e. The Balaban J connectivity index is 2.25. The lowest BCUT2D eigenvalue weighted by Gasteiger charge is -1.99. The van der Waals surface area contributed by atoms with Crippen LogP contribution in [0, 0.1) is 17.2 Å². The molecule has 1 aliphatic rings. The Hall–Kier alpha value is -0.710. The predicted molar refractivity (Wildman–Crippen MR) is 52.9 cm³/mol. The van der Waals surface area contributed by atoms with E-state index in [1.165, 1.54) is 0 Å². The summed E-state index contributed by atoms with van der Waals surface area (Å²) < 4.78 is 0. The molecular weight excluding hydrogens is 205 g/mol. The number of benzene rings is 1. The maximum atomic E-state index is 8.65. The van der Waals surface area contributed by atoms with Gasteiger partial charge in [0.2, 0.25) is 0 Å². The third kappa shape index (κ3) is 1.65. The summed E-state index contributed by atoms with van der Waals surface area (Å²) in [6.07, 6.45) is 0.953. The molecule has 2 unspecified atom stereocenters. The topological polar surface area (TPSA) is 23.8 Å². The molecule has 2 atom stereocenters. The van der Waals surface area contributed by atoms with Crippen LogP contribution >= 0.6 is 23.2 Å². The third-order valence-electron chi connectivity index (χ3n) is 2.33. The first-order valence-corrected chi connectivity index (χ1v) is 4.82. The molecule has 0 radical (unpaired) electrons. The molecule has 1 aliphatic carbocycles. The van der Waals surface area contributed by atoms with Crippen molar-refractivity contribution < 1.29 is 0 Å². The van der Waals surface area contributed by atoms with Gasteiger partial charge in [-0.25, -0.2) is 0 Å². The van der Waals surface area contributed by atoms with Crippen LogP contribution < -0.4 is 0 Å². The van der Waals surface area contributed by atoms with Crippen molar-refractivity contribution in [1.82, 2.24) is 0 Å². The molecule has 3 heteroatoms. The van der Waals surface area contributed by atoms with Gasteiger partial charge in [0.25, 0.3) is 0 Å². The quantitative estimate of drug-likeness (QED) is 0.697. The minimum atomic E-state index is 0.178. The second-order valence-corrected chi connectivity index (χ2v) is 4.07. The summed E-state index contributed by atoms with van der Waals surface area (Å²) >= 11 is 11.6. The molecular formula is C10H7Cl2N. The van der Waals surface area contributed by atoms with Crippen LogP contribution in [0.15, 0.2) is 18.2 Å². The van der Waals surface area contributed by atoms with E-state index in [0.29, 0.717) is 16.0 Å². The van der Waals surface area contributed by atoms with Gasteiger partial charge >= 0.3 is 0 Å². The SMILES string of the molecule is N#CC1CC1c1ccc(Cl)c(Cl)c1. The molecule has 0 spiro atoms. The molecule has 1 aromatic rings. The second kappa shape index (κ2) is 3.21. The maximum Gasteiger partial charge on any atom is 0.0662 e. The van der Waals surface area contributed by atoms with Crippen LogP contribution in [-0.4, -0.2) is 0 Å². The molecule has 1 aromatic carbocycles. The molecule has 2 rings (SSSR count). The number of hydrogen-bond donors (Lipinski definition) is 0. The first kappa shape index (κ1) is 8.87. The lowest BCUT2D eigenvalue weighted by atomic mass is 10.1. The second-order valence-electron chi connectivity index (χ2n) is 3.25. The summed E-state index contributed by atoms with van der Waals surface area (Å²) in [6, 6.07) is 7.82. The molecule has 66 valence electrons. The fraction of sp³-hybridized carbons (Fsp3) is 0.300. The van der Waals surface area contributed by atoms with Gasteiger partial charge < -0.3 is 0 Å². The van der Waals surface area contributed by atoms with Crippen LogP contribution in [0.25, 0.3) is 0 Å². The van der Waals surface area contributed by atoms with Crippen molar-refractivity contribution in [2.24, 2.45) is 5.92 Å². The van der Waals surface area contributed by atoms with Gasteiger partial charge in [-0.3, -0.25) is 0 Å². The first-order chi connectivity index (χ1) is 6.22. The highest BCUT2D eigenvalue weighted by atomic mass is 35.5. The maximum absolute atomic E-state index is 8.65. The van der Waals surface area contributed by atoms with E-state index in [-0.39, 0.29) is 5.92 Å². The van der Waals surface area contributed by atoms with Crippen LogP contribution in [0.5, 0.6) is 0 Å². The van der Waals surface area contributed by atoms with E-state index in [1.54, 1.807) is 6.07 Å². The Morgan fingerprint density at radius 2 is 2.08 bits per heavy atom. The number of hydrogen-bond acceptors (Lipinski definition) is 1. The van der Waals surface area contributed by atoms with E-state index >= 15 is 0 Å². The molecule has 0 amide bonds. The van der Waals surface area contributed by atoms with Crippen LogP contribution in [-0.2, 0) is 0 Å². The minimum Gasteiger partial charge on any atom is -0.198 e. The Morgan fingerprint density at radius 1 is 1.31 bits per heavy atom. The zero-order valence-corrected chi connectivity index (χ0v) is 8.31. The van der Waals surface area contributed by atoms with Crippen LogP contribution in [0.2, 0.25) is 10.0 Å². The lowest BCUT2D eigenvalue weighted by Crippen LogP contribution is -1.81. The minimum absolute atomic E-state index is 0.178. The van der Waals surface area contributed by atoms with Crippen molar-refractivity contribution in [2.45, 2.75) is 12.3 Å². The van der Waals surface area contributed by atoms with Crippen molar-refractivity contribution in [2.75, 3.05) is 0 Å². The molecule has 1 nitrogen and oxygen atoms in total. The van der Waals surface area contributed by atoms with Gasteiger partial charge in [-0.05, 0) is 24.1 Å². The summed E-state index contributed by atoms with van der Waals surface area (Å²) in [7, 11) is 0. The Morgan fingerprint density at radius 3 is 2.62 bits per heavy atom. The number of halogens is 2. The van der Waals surface area contributed by atoms with Gasteiger partial charge in [0.15, 0.2) is 0 Å². The molecule has 0 aliphatic heterocycles. The summed E-state index contributed by atoms with van der Waals surface area (Å²) in [5.41, 5.74) is 1.13. The van der Waals surface area contributed by atoms with Gasteiger partial charge in [-0.1, -0.05) is 29.3 Å². The van der Waals surface area contributed by atoms with Gasteiger partial charge in [-0.2, -0.15) is 5.26 Å². The lowest BCUT2D eigenvalue weighted by molar-refractivity contribution is 1.02. The summed E-state index contributed by atoms with van der Waals surface area (Å²) in [4.78, 5) is 0. The third-order valence-corrected chi connectivity index (χ3v) is 3.07.